The minimum Gasteiger partial charge on any atom is -0.475 e. The summed E-state index contributed by atoms with van der Waals surface area (Å²) in [5.41, 5.74) is 2.19. The Labute approximate surface area is 186 Å². The predicted octanol–water partition coefficient (Wildman–Crippen LogP) is 3.69. The van der Waals surface area contributed by atoms with E-state index in [1.807, 2.05) is 31.3 Å². The second-order valence-electron chi connectivity index (χ2n) is 5.69. The Bertz CT molecular complexity index is 713. The quantitative estimate of drug-likeness (QED) is 0.236. The molecule has 0 bridgehead atoms. The van der Waals surface area contributed by atoms with Crippen molar-refractivity contribution in [2.45, 2.75) is 13.1 Å². The summed E-state index contributed by atoms with van der Waals surface area (Å²) >= 11 is 3.46. The third kappa shape index (κ3) is 8.02. The molecule has 6 nitrogen and oxygen atoms in total. The van der Waals surface area contributed by atoms with E-state index in [0.717, 1.165) is 22.5 Å². The van der Waals surface area contributed by atoms with Crippen molar-refractivity contribution in [3.05, 3.63) is 58.2 Å². The summed E-state index contributed by atoms with van der Waals surface area (Å²) in [4.78, 5) is 10.7. The second-order valence-corrected chi connectivity index (χ2v) is 6.61. The number of methoxy groups -OCH3 is 1. The number of hydrogen-bond acceptors (Lipinski definition) is 4. The van der Waals surface area contributed by atoms with Gasteiger partial charge in [0.25, 0.3) is 0 Å². The molecule has 1 aromatic carbocycles. The van der Waals surface area contributed by atoms with Crippen molar-refractivity contribution in [1.82, 2.24) is 15.2 Å². The molecule has 0 aliphatic heterocycles. The molecule has 0 aliphatic carbocycles. The van der Waals surface area contributed by atoms with E-state index in [2.05, 4.69) is 48.3 Å². The zero-order chi connectivity index (χ0) is 18.8. The lowest BCUT2D eigenvalue weighted by atomic mass is 10.2. The Morgan fingerprint density at radius 2 is 1.96 bits per heavy atom. The third-order valence-electron chi connectivity index (χ3n) is 3.72. The molecule has 0 spiro atoms. The van der Waals surface area contributed by atoms with E-state index in [4.69, 9.17) is 9.47 Å². The molecule has 0 saturated carbocycles. The number of hydrogen-bond donors (Lipinski definition) is 1. The van der Waals surface area contributed by atoms with Gasteiger partial charge >= 0.3 is 0 Å². The number of nitrogens with zero attached hydrogens (tertiary/aromatic N) is 3. The molecule has 0 fully saturated rings. The molecule has 0 radical (unpaired) electrons. The Balaban J connectivity index is 0.00000364. The van der Waals surface area contributed by atoms with Gasteiger partial charge < -0.3 is 19.7 Å². The molecular weight excluding hydrogens is 523 g/mol. The molecule has 2 aromatic rings. The van der Waals surface area contributed by atoms with E-state index in [9.17, 15) is 0 Å². The molecule has 27 heavy (non-hydrogen) atoms. The molecule has 0 amide bonds. The minimum atomic E-state index is 0. The monoisotopic (exact) mass is 548 g/mol. The normalized spacial score (nSPS) is 10.9. The standard InChI is InChI=1S/C19H25BrN4O2.HI/c1-21-19(24(2)14-15-6-8-17(20)9-7-15)23-13-16-5-4-10-22-18(16)26-12-11-25-3;/h4-10H,11-14H2,1-3H3,(H,21,23);1H. The van der Waals surface area contributed by atoms with Crippen LogP contribution < -0.4 is 10.1 Å². The van der Waals surface area contributed by atoms with Gasteiger partial charge in [0, 0.05) is 50.5 Å². The van der Waals surface area contributed by atoms with Crippen LogP contribution in [0.3, 0.4) is 0 Å². The van der Waals surface area contributed by atoms with Crippen LogP contribution in [-0.4, -0.2) is 50.3 Å². The number of nitrogens with one attached hydrogen (secondary N) is 1. The van der Waals surface area contributed by atoms with Gasteiger partial charge in [-0.25, -0.2) is 4.98 Å². The van der Waals surface area contributed by atoms with Gasteiger partial charge in [-0.05, 0) is 23.8 Å². The molecule has 0 unspecified atom stereocenters. The van der Waals surface area contributed by atoms with Gasteiger partial charge in [-0.3, -0.25) is 4.99 Å². The lowest BCUT2D eigenvalue weighted by molar-refractivity contribution is 0.143. The van der Waals surface area contributed by atoms with Crippen molar-refractivity contribution >= 4 is 45.9 Å². The molecule has 8 heteroatoms. The summed E-state index contributed by atoms with van der Waals surface area (Å²) in [5, 5.41) is 3.36. The van der Waals surface area contributed by atoms with Crippen LogP contribution in [-0.2, 0) is 17.8 Å². The molecule has 1 heterocycles. The van der Waals surface area contributed by atoms with Gasteiger partial charge in [0.1, 0.15) is 6.61 Å². The van der Waals surface area contributed by atoms with Crippen LogP contribution in [0.25, 0.3) is 0 Å². The van der Waals surface area contributed by atoms with E-state index >= 15 is 0 Å². The molecule has 1 aromatic heterocycles. The van der Waals surface area contributed by atoms with Crippen molar-refractivity contribution in [3.63, 3.8) is 0 Å². The largest absolute Gasteiger partial charge is 0.475 e. The maximum atomic E-state index is 5.68. The van der Waals surface area contributed by atoms with Crippen LogP contribution in [0.5, 0.6) is 5.88 Å². The number of ether oxygens (including phenoxy) is 2. The number of benzene rings is 1. The summed E-state index contributed by atoms with van der Waals surface area (Å²) in [5.74, 6) is 1.42. The van der Waals surface area contributed by atoms with Crippen molar-refractivity contribution in [1.29, 1.82) is 0 Å². The highest BCUT2D eigenvalue weighted by Crippen LogP contribution is 2.15. The first-order chi connectivity index (χ1) is 12.6. The van der Waals surface area contributed by atoms with E-state index < -0.39 is 0 Å². The number of pyridine rings is 1. The lowest BCUT2D eigenvalue weighted by Crippen LogP contribution is -2.38. The fraction of sp³-hybridized carbons (Fsp3) is 0.368. The van der Waals surface area contributed by atoms with Gasteiger partial charge in [-0.2, -0.15) is 0 Å². The van der Waals surface area contributed by atoms with Gasteiger partial charge in [-0.15, -0.1) is 24.0 Å². The number of guanidine groups is 1. The Hall–Kier alpha value is -1.39. The molecule has 0 saturated heterocycles. The first-order valence-corrected chi connectivity index (χ1v) is 9.15. The van der Waals surface area contributed by atoms with Crippen LogP contribution in [0, 0.1) is 0 Å². The van der Waals surface area contributed by atoms with E-state index in [1.54, 1.807) is 20.4 Å². The van der Waals surface area contributed by atoms with Crippen molar-refractivity contribution in [2.75, 3.05) is 34.4 Å². The molecule has 0 aliphatic rings. The van der Waals surface area contributed by atoms with Gasteiger partial charge in [0.05, 0.1) is 6.61 Å². The molecule has 1 N–H and O–H groups in total. The van der Waals surface area contributed by atoms with E-state index in [0.29, 0.717) is 25.6 Å². The first kappa shape index (κ1) is 23.6. The fourth-order valence-corrected chi connectivity index (χ4v) is 2.67. The van der Waals surface area contributed by atoms with Gasteiger partial charge in [0.15, 0.2) is 5.96 Å². The zero-order valence-corrected chi connectivity index (χ0v) is 19.7. The fourth-order valence-electron chi connectivity index (χ4n) is 2.41. The summed E-state index contributed by atoms with van der Waals surface area (Å²) in [6.45, 7) is 2.34. The average Bonchev–Trinajstić information content (AvgIpc) is 2.65. The summed E-state index contributed by atoms with van der Waals surface area (Å²) < 4.78 is 11.8. The Morgan fingerprint density at radius 3 is 2.63 bits per heavy atom. The van der Waals surface area contributed by atoms with Gasteiger partial charge in [-0.1, -0.05) is 34.1 Å². The minimum absolute atomic E-state index is 0. The number of aliphatic imine (C=N–C) groups is 1. The first-order valence-electron chi connectivity index (χ1n) is 8.36. The highest BCUT2D eigenvalue weighted by atomic mass is 127. The van der Waals surface area contributed by atoms with Crippen LogP contribution in [0.15, 0.2) is 52.1 Å². The average molecular weight is 549 g/mol. The number of halogens is 2. The summed E-state index contributed by atoms with van der Waals surface area (Å²) in [6.07, 6.45) is 1.72. The molecular formula is C19H26BrIN4O2. The van der Waals surface area contributed by atoms with Crippen molar-refractivity contribution in [2.24, 2.45) is 4.99 Å². The van der Waals surface area contributed by atoms with Crippen LogP contribution in [0.2, 0.25) is 0 Å². The maximum absolute atomic E-state index is 5.68. The summed E-state index contributed by atoms with van der Waals surface area (Å²) in [6, 6.07) is 12.2. The van der Waals surface area contributed by atoms with Gasteiger partial charge in [0.2, 0.25) is 5.88 Å². The zero-order valence-electron chi connectivity index (χ0n) is 15.8. The van der Waals surface area contributed by atoms with Crippen molar-refractivity contribution < 1.29 is 9.47 Å². The molecule has 148 valence electrons. The van der Waals surface area contributed by atoms with E-state index in [1.165, 1.54) is 5.56 Å². The number of rotatable bonds is 8. The van der Waals surface area contributed by atoms with E-state index in [-0.39, 0.29) is 24.0 Å². The SMILES string of the molecule is CN=C(NCc1cccnc1OCCOC)N(C)Cc1ccc(Br)cc1.I. The lowest BCUT2D eigenvalue weighted by Gasteiger charge is -2.22. The maximum Gasteiger partial charge on any atom is 0.218 e. The smallest absolute Gasteiger partial charge is 0.218 e. The highest BCUT2D eigenvalue weighted by Gasteiger charge is 2.09. The highest BCUT2D eigenvalue weighted by molar-refractivity contribution is 14.0. The van der Waals surface area contributed by atoms with Crippen LogP contribution >= 0.6 is 39.9 Å². The van der Waals surface area contributed by atoms with Crippen LogP contribution in [0.1, 0.15) is 11.1 Å². The Kier molecular flexibility index (Phi) is 11.3. The summed E-state index contributed by atoms with van der Waals surface area (Å²) in [7, 11) is 5.44. The third-order valence-corrected chi connectivity index (χ3v) is 4.25. The second kappa shape index (κ2) is 12.9. The molecule has 0 atom stereocenters. The number of aromatic nitrogens is 1. The van der Waals surface area contributed by atoms with Crippen molar-refractivity contribution in [3.8, 4) is 5.88 Å². The Morgan fingerprint density at radius 1 is 1.22 bits per heavy atom. The topological polar surface area (TPSA) is 59.0 Å². The molecule has 2 rings (SSSR count). The van der Waals surface area contributed by atoms with Crippen LogP contribution in [0.4, 0.5) is 0 Å². The predicted molar refractivity (Wildman–Crippen MR) is 123 cm³/mol.